The normalized spacial score (nSPS) is 19.0. The third kappa shape index (κ3) is 3.64. The van der Waals surface area contributed by atoms with Gasteiger partial charge in [0, 0.05) is 23.1 Å². The van der Waals surface area contributed by atoms with E-state index in [0.717, 1.165) is 5.56 Å². The van der Waals surface area contributed by atoms with Crippen LogP contribution in [0.3, 0.4) is 0 Å². The smallest absolute Gasteiger partial charge is 0.223 e. The molecule has 0 bridgehead atoms. The van der Waals surface area contributed by atoms with Gasteiger partial charge in [-0.3, -0.25) is 0 Å². The SMILES string of the molecule is Cc1ccc(S(=O)(=O)N2CCC(S(=O)(=O)c3ccc(Cl)cc3)C2)cc1Cl. The molecule has 26 heavy (non-hydrogen) atoms. The van der Waals surface area contributed by atoms with Crippen molar-refractivity contribution in [3.05, 3.63) is 58.1 Å². The van der Waals surface area contributed by atoms with Crippen molar-refractivity contribution < 1.29 is 16.8 Å². The summed E-state index contributed by atoms with van der Waals surface area (Å²) in [7, 11) is -7.43. The van der Waals surface area contributed by atoms with E-state index in [9.17, 15) is 16.8 Å². The van der Waals surface area contributed by atoms with Gasteiger partial charge in [-0.1, -0.05) is 29.3 Å². The fraction of sp³-hybridized carbons (Fsp3) is 0.294. The van der Waals surface area contributed by atoms with Crippen molar-refractivity contribution in [2.45, 2.75) is 28.4 Å². The van der Waals surface area contributed by atoms with E-state index in [1.54, 1.807) is 13.0 Å². The second-order valence-corrected chi connectivity index (χ2v) is 11.2. The Morgan fingerprint density at radius 1 is 0.962 bits per heavy atom. The molecule has 1 fully saturated rings. The highest BCUT2D eigenvalue weighted by Gasteiger charge is 2.39. The summed E-state index contributed by atoms with van der Waals surface area (Å²) >= 11 is 11.8. The zero-order valence-electron chi connectivity index (χ0n) is 13.9. The molecule has 9 heteroatoms. The quantitative estimate of drug-likeness (QED) is 0.738. The topological polar surface area (TPSA) is 71.5 Å². The first-order chi connectivity index (χ1) is 12.1. The molecule has 140 valence electrons. The van der Waals surface area contributed by atoms with Crippen LogP contribution in [0, 0.1) is 6.92 Å². The van der Waals surface area contributed by atoms with Crippen LogP contribution >= 0.6 is 23.2 Å². The number of hydrogen-bond acceptors (Lipinski definition) is 4. The molecule has 0 saturated carbocycles. The van der Waals surface area contributed by atoms with Crippen molar-refractivity contribution >= 4 is 43.1 Å². The van der Waals surface area contributed by atoms with Crippen LogP contribution in [0.2, 0.25) is 10.0 Å². The van der Waals surface area contributed by atoms with Crippen molar-refractivity contribution in [3.63, 3.8) is 0 Å². The Kier molecular flexibility index (Phi) is 5.38. The molecule has 1 aliphatic heterocycles. The number of benzene rings is 2. The second kappa shape index (κ2) is 7.13. The summed E-state index contributed by atoms with van der Waals surface area (Å²) in [6.45, 7) is 1.84. The number of sulfonamides is 1. The van der Waals surface area contributed by atoms with E-state index in [1.807, 2.05) is 0 Å². The molecule has 0 amide bonds. The van der Waals surface area contributed by atoms with Crippen molar-refractivity contribution in [3.8, 4) is 0 Å². The molecule has 0 N–H and O–H groups in total. The van der Waals surface area contributed by atoms with Crippen LogP contribution in [0.1, 0.15) is 12.0 Å². The third-order valence-corrected chi connectivity index (χ3v) is 9.18. The predicted molar refractivity (Wildman–Crippen MR) is 102 cm³/mol. The van der Waals surface area contributed by atoms with E-state index in [2.05, 4.69) is 0 Å². The lowest BCUT2D eigenvalue weighted by Gasteiger charge is -2.17. The lowest BCUT2D eigenvalue weighted by atomic mass is 10.2. The van der Waals surface area contributed by atoms with E-state index in [0.29, 0.717) is 10.0 Å². The standard InChI is InChI=1S/C17H17Cl2NO4S2/c1-12-2-5-15(10-17(12)19)26(23,24)20-9-8-16(11-20)25(21,22)14-6-3-13(18)4-7-14/h2-7,10,16H,8-9,11H2,1H3. The van der Waals surface area contributed by atoms with Gasteiger partial charge < -0.3 is 0 Å². The van der Waals surface area contributed by atoms with Crippen LogP contribution in [0.4, 0.5) is 0 Å². The largest absolute Gasteiger partial charge is 0.243 e. The highest BCUT2D eigenvalue weighted by molar-refractivity contribution is 7.92. The zero-order chi connectivity index (χ0) is 19.1. The van der Waals surface area contributed by atoms with Crippen molar-refractivity contribution in [2.75, 3.05) is 13.1 Å². The summed E-state index contributed by atoms with van der Waals surface area (Å²) in [5, 5.41) is 0.00537. The maximum absolute atomic E-state index is 12.8. The molecule has 1 atom stereocenters. The van der Waals surface area contributed by atoms with Gasteiger partial charge >= 0.3 is 0 Å². The molecule has 1 aliphatic rings. The van der Waals surface area contributed by atoms with Gasteiger partial charge in [0.1, 0.15) is 0 Å². The van der Waals surface area contributed by atoms with E-state index in [-0.39, 0.29) is 29.3 Å². The summed E-state index contributed by atoms with van der Waals surface area (Å²) in [6, 6.07) is 10.4. The second-order valence-electron chi connectivity index (χ2n) is 6.18. The monoisotopic (exact) mass is 433 g/mol. The Morgan fingerprint density at radius 3 is 2.19 bits per heavy atom. The number of hydrogen-bond donors (Lipinski definition) is 0. The van der Waals surface area contributed by atoms with Gasteiger partial charge in [-0.2, -0.15) is 4.31 Å². The van der Waals surface area contributed by atoms with E-state index in [4.69, 9.17) is 23.2 Å². The summed E-state index contributed by atoms with van der Waals surface area (Å²) in [4.78, 5) is 0.210. The average Bonchev–Trinajstić information content (AvgIpc) is 3.09. The van der Waals surface area contributed by atoms with Crippen molar-refractivity contribution in [1.29, 1.82) is 0 Å². The van der Waals surface area contributed by atoms with Crippen LogP contribution < -0.4 is 0 Å². The molecule has 0 radical (unpaired) electrons. The maximum Gasteiger partial charge on any atom is 0.243 e. The molecule has 1 saturated heterocycles. The van der Waals surface area contributed by atoms with E-state index < -0.39 is 25.1 Å². The molecule has 5 nitrogen and oxygen atoms in total. The van der Waals surface area contributed by atoms with Gasteiger partial charge in [-0.25, -0.2) is 16.8 Å². The first-order valence-corrected chi connectivity index (χ1v) is 11.6. The van der Waals surface area contributed by atoms with Gasteiger partial charge in [0.2, 0.25) is 10.0 Å². The number of halogens is 2. The molecule has 2 aromatic rings. The molecule has 1 heterocycles. The summed E-state index contributed by atoms with van der Waals surface area (Å²) in [5.74, 6) is 0. The summed E-state index contributed by atoms with van der Waals surface area (Å²) in [5.41, 5.74) is 0.773. The van der Waals surface area contributed by atoms with Gasteiger partial charge in [-0.15, -0.1) is 0 Å². The number of rotatable bonds is 4. The number of nitrogens with zero attached hydrogens (tertiary/aromatic N) is 1. The molecular weight excluding hydrogens is 417 g/mol. The first-order valence-electron chi connectivity index (χ1n) is 7.88. The maximum atomic E-state index is 12.8. The Balaban J connectivity index is 1.85. The predicted octanol–water partition coefficient (Wildman–Crippen LogP) is 3.54. The lowest BCUT2D eigenvalue weighted by molar-refractivity contribution is 0.476. The zero-order valence-corrected chi connectivity index (χ0v) is 17.0. The third-order valence-electron chi connectivity index (χ3n) is 4.47. The van der Waals surface area contributed by atoms with Gasteiger partial charge in [-0.05, 0) is 55.3 Å². The summed E-state index contributed by atoms with van der Waals surface area (Å²) < 4.78 is 52.3. The average molecular weight is 434 g/mol. The Morgan fingerprint density at radius 2 is 1.58 bits per heavy atom. The Hall–Kier alpha value is -1.12. The molecule has 2 aromatic carbocycles. The molecule has 3 rings (SSSR count). The molecule has 0 aliphatic carbocycles. The van der Waals surface area contributed by atoms with E-state index >= 15 is 0 Å². The summed E-state index contributed by atoms with van der Waals surface area (Å²) in [6.07, 6.45) is 0.240. The number of sulfone groups is 1. The molecule has 1 unspecified atom stereocenters. The fourth-order valence-electron chi connectivity index (χ4n) is 2.87. The fourth-order valence-corrected chi connectivity index (χ4v) is 6.55. The van der Waals surface area contributed by atoms with Crippen LogP contribution in [-0.2, 0) is 19.9 Å². The van der Waals surface area contributed by atoms with Crippen LogP contribution in [0.15, 0.2) is 52.3 Å². The van der Waals surface area contributed by atoms with Crippen LogP contribution in [0.5, 0.6) is 0 Å². The Labute approximate surface area is 163 Å². The van der Waals surface area contributed by atoms with E-state index in [1.165, 1.54) is 40.7 Å². The molecule has 0 aromatic heterocycles. The highest BCUT2D eigenvalue weighted by atomic mass is 35.5. The minimum Gasteiger partial charge on any atom is -0.223 e. The minimum absolute atomic E-state index is 0.0673. The first kappa shape index (κ1) is 19.6. The highest BCUT2D eigenvalue weighted by Crippen LogP contribution is 2.30. The lowest BCUT2D eigenvalue weighted by Crippen LogP contribution is -2.32. The number of aryl methyl sites for hydroxylation is 1. The van der Waals surface area contributed by atoms with Crippen LogP contribution in [-0.4, -0.2) is 39.5 Å². The Bertz CT molecular complexity index is 1030. The van der Waals surface area contributed by atoms with Crippen molar-refractivity contribution in [2.24, 2.45) is 0 Å². The van der Waals surface area contributed by atoms with Crippen molar-refractivity contribution in [1.82, 2.24) is 4.31 Å². The van der Waals surface area contributed by atoms with Gasteiger partial charge in [0.15, 0.2) is 9.84 Å². The van der Waals surface area contributed by atoms with Crippen LogP contribution in [0.25, 0.3) is 0 Å². The minimum atomic E-state index is -3.80. The molecular formula is C17H17Cl2NO4S2. The molecule has 0 spiro atoms. The van der Waals surface area contributed by atoms with Gasteiger partial charge in [0.05, 0.1) is 15.0 Å². The van der Waals surface area contributed by atoms with Gasteiger partial charge in [0.25, 0.3) is 0 Å².